The van der Waals surface area contributed by atoms with Crippen molar-refractivity contribution in [1.29, 1.82) is 0 Å². The molecule has 15 heavy (non-hydrogen) atoms. The lowest BCUT2D eigenvalue weighted by atomic mass is 10.3. The molecule has 2 aromatic heterocycles. The highest BCUT2D eigenvalue weighted by Gasteiger charge is 2.08. The van der Waals surface area contributed by atoms with Crippen LogP contribution in [0.2, 0.25) is 5.15 Å². The van der Waals surface area contributed by atoms with Crippen molar-refractivity contribution in [3.63, 3.8) is 0 Å². The Morgan fingerprint density at radius 1 is 1.40 bits per heavy atom. The van der Waals surface area contributed by atoms with Gasteiger partial charge in [0.1, 0.15) is 5.15 Å². The van der Waals surface area contributed by atoms with Crippen molar-refractivity contribution in [1.82, 2.24) is 19.5 Å². The van der Waals surface area contributed by atoms with E-state index in [1.54, 1.807) is 12.3 Å². The first-order chi connectivity index (χ1) is 7.20. The second kappa shape index (κ2) is 3.98. The van der Waals surface area contributed by atoms with Gasteiger partial charge in [-0.25, -0.2) is 15.0 Å². The van der Waals surface area contributed by atoms with Gasteiger partial charge in [-0.3, -0.25) is 0 Å². The van der Waals surface area contributed by atoms with Crippen LogP contribution in [0.4, 0.5) is 0 Å². The molecule has 0 aliphatic rings. The van der Waals surface area contributed by atoms with Crippen LogP contribution in [-0.2, 0) is 13.5 Å². The second-order valence-corrected chi connectivity index (χ2v) is 3.61. The van der Waals surface area contributed by atoms with Gasteiger partial charge in [0.25, 0.3) is 0 Å². The Balaban J connectivity index is 2.53. The molecule has 0 radical (unpaired) electrons. The van der Waals surface area contributed by atoms with Gasteiger partial charge >= 0.3 is 0 Å². The maximum atomic E-state index is 5.91. The highest BCUT2D eigenvalue weighted by Crippen LogP contribution is 2.15. The van der Waals surface area contributed by atoms with E-state index in [4.69, 9.17) is 11.6 Å². The fraction of sp³-hybridized carbons (Fsp3) is 0.300. The fourth-order valence-electron chi connectivity index (χ4n) is 1.33. The quantitative estimate of drug-likeness (QED) is 0.731. The van der Waals surface area contributed by atoms with Crippen LogP contribution in [0.1, 0.15) is 12.6 Å². The highest BCUT2D eigenvalue weighted by atomic mass is 35.5. The Morgan fingerprint density at radius 2 is 2.20 bits per heavy atom. The zero-order valence-electron chi connectivity index (χ0n) is 8.61. The summed E-state index contributed by atoms with van der Waals surface area (Å²) in [4.78, 5) is 12.7. The Labute approximate surface area is 93.0 Å². The van der Waals surface area contributed by atoms with Crippen LogP contribution >= 0.6 is 11.6 Å². The van der Waals surface area contributed by atoms with Crippen molar-refractivity contribution in [3.8, 4) is 11.6 Å². The first-order valence-corrected chi connectivity index (χ1v) is 5.09. The number of nitrogens with zero attached hydrogens (tertiary/aromatic N) is 4. The summed E-state index contributed by atoms with van der Waals surface area (Å²) in [7, 11) is 1.90. The molecule has 5 heteroatoms. The van der Waals surface area contributed by atoms with E-state index in [-0.39, 0.29) is 0 Å². The second-order valence-electron chi connectivity index (χ2n) is 3.22. The third-order valence-corrected chi connectivity index (χ3v) is 2.32. The molecule has 4 nitrogen and oxygen atoms in total. The first-order valence-electron chi connectivity index (χ1n) is 4.72. The van der Waals surface area contributed by atoms with Gasteiger partial charge in [-0.15, -0.1) is 0 Å². The van der Waals surface area contributed by atoms with E-state index in [1.807, 2.05) is 24.7 Å². The first kappa shape index (κ1) is 10.1. The predicted molar refractivity (Wildman–Crippen MR) is 58.6 cm³/mol. The standard InChI is InChI=1S/C10H11ClN4/c1-3-7-6-8(11)14-9(13-7)10-12-4-5-15(10)2/h4-6H,3H2,1-2H3. The fourth-order valence-corrected chi connectivity index (χ4v) is 1.53. The molecule has 0 aliphatic carbocycles. The number of hydrogen-bond donors (Lipinski definition) is 0. The zero-order valence-corrected chi connectivity index (χ0v) is 9.36. The average Bonchev–Trinajstić information content (AvgIpc) is 2.63. The maximum absolute atomic E-state index is 5.91. The molecular formula is C10H11ClN4. The summed E-state index contributed by atoms with van der Waals surface area (Å²) < 4.78 is 1.87. The van der Waals surface area contributed by atoms with Gasteiger partial charge in [-0.2, -0.15) is 0 Å². The van der Waals surface area contributed by atoms with Gasteiger partial charge < -0.3 is 4.57 Å². The molecule has 0 spiro atoms. The molecule has 0 fully saturated rings. The third kappa shape index (κ3) is 1.99. The normalized spacial score (nSPS) is 10.6. The van der Waals surface area contributed by atoms with Crippen molar-refractivity contribution >= 4 is 11.6 Å². The Hall–Kier alpha value is -1.42. The van der Waals surface area contributed by atoms with Crippen LogP contribution in [0, 0.1) is 0 Å². The zero-order chi connectivity index (χ0) is 10.8. The van der Waals surface area contributed by atoms with Crippen LogP contribution in [0.15, 0.2) is 18.5 Å². The third-order valence-electron chi connectivity index (χ3n) is 2.13. The summed E-state index contributed by atoms with van der Waals surface area (Å²) in [5.74, 6) is 1.30. The van der Waals surface area contributed by atoms with Gasteiger partial charge in [0, 0.05) is 25.1 Å². The lowest BCUT2D eigenvalue weighted by molar-refractivity contribution is 0.895. The summed E-state index contributed by atoms with van der Waals surface area (Å²) in [5.41, 5.74) is 0.924. The van der Waals surface area contributed by atoms with Crippen LogP contribution in [0.5, 0.6) is 0 Å². The summed E-state index contributed by atoms with van der Waals surface area (Å²) in [6, 6.07) is 1.77. The minimum Gasteiger partial charge on any atom is -0.331 e. The van der Waals surface area contributed by atoms with Crippen LogP contribution in [0.3, 0.4) is 0 Å². The molecule has 0 atom stereocenters. The monoisotopic (exact) mass is 222 g/mol. The van der Waals surface area contributed by atoms with E-state index in [0.717, 1.165) is 17.9 Å². The molecule has 0 unspecified atom stereocenters. The number of rotatable bonds is 2. The lowest BCUT2D eigenvalue weighted by Crippen LogP contribution is -1.99. The number of aryl methyl sites for hydroxylation is 2. The molecule has 2 rings (SSSR count). The molecule has 0 bridgehead atoms. The highest BCUT2D eigenvalue weighted by molar-refractivity contribution is 6.29. The van der Waals surface area contributed by atoms with E-state index >= 15 is 0 Å². The summed E-state index contributed by atoms with van der Waals surface area (Å²) in [6.45, 7) is 2.03. The predicted octanol–water partition coefficient (Wildman–Crippen LogP) is 2.09. The topological polar surface area (TPSA) is 43.6 Å². The smallest absolute Gasteiger partial charge is 0.197 e. The van der Waals surface area contributed by atoms with Crippen LogP contribution < -0.4 is 0 Å². The van der Waals surface area contributed by atoms with Crippen molar-refractivity contribution in [2.45, 2.75) is 13.3 Å². The van der Waals surface area contributed by atoms with E-state index in [2.05, 4.69) is 15.0 Å². The lowest BCUT2D eigenvalue weighted by Gasteiger charge is -2.03. The molecule has 2 heterocycles. The largest absolute Gasteiger partial charge is 0.331 e. The Bertz CT molecular complexity index is 478. The molecule has 0 amide bonds. The molecule has 0 saturated carbocycles. The minimum atomic E-state index is 0.458. The van der Waals surface area contributed by atoms with E-state index < -0.39 is 0 Å². The SMILES string of the molecule is CCc1cc(Cl)nc(-c2nccn2C)n1. The Kier molecular flexibility index (Phi) is 2.68. The van der Waals surface area contributed by atoms with E-state index in [9.17, 15) is 0 Å². The molecule has 0 aliphatic heterocycles. The molecule has 0 N–H and O–H groups in total. The van der Waals surface area contributed by atoms with Crippen molar-refractivity contribution in [2.24, 2.45) is 7.05 Å². The number of halogens is 1. The van der Waals surface area contributed by atoms with Gasteiger partial charge in [-0.1, -0.05) is 18.5 Å². The number of aromatic nitrogens is 4. The minimum absolute atomic E-state index is 0.458. The summed E-state index contributed by atoms with van der Waals surface area (Å²) >= 11 is 5.91. The van der Waals surface area contributed by atoms with Gasteiger partial charge in [-0.05, 0) is 12.5 Å². The van der Waals surface area contributed by atoms with Gasteiger partial charge in [0.15, 0.2) is 11.6 Å². The molecule has 0 saturated heterocycles. The van der Waals surface area contributed by atoms with E-state index in [0.29, 0.717) is 11.0 Å². The number of imidazole rings is 1. The maximum Gasteiger partial charge on any atom is 0.197 e. The van der Waals surface area contributed by atoms with Crippen LogP contribution in [-0.4, -0.2) is 19.5 Å². The van der Waals surface area contributed by atoms with Crippen molar-refractivity contribution in [3.05, 3.63) is 29.3 Å². The van der Waals surface area contributed by atoms with E-state index in [1.165, 1.54) is 0 Å². The molecular weight excluding hydrogens is 212 g/mol. The Morgan fingerprint density at radius 3 is 2.80 bits per heavy atom. The number of hydrogen-bond acceptors (Lipinski definition) is 3. The molecule has 0 aromatic carbocycles. The molecule has 2 aromatic rings. The van der Waals surface area contributed by atoms with Crippen molar-refractivity contribution in [2.75, 3.05) is 0 Å². The summed E-state index contributed by atoms with van der Waals surface area (Å²) in [6.07, 6.45) is 4.40. The van der Waals surface area contributed by atoms with Crippen LogP contribution in [0.25, 0.3) is 11.6 Å². The summed E-state index contributed by atoms with van der Waals surface area (Å²) in [5, 5.41) is 0.458. The van der Waals surface area contributed by atoms with Crippen molar-refractivity contribution < 1.29 is 0 Å². The van der Waals surface area contributed by atoms with Gasteiger partial charge in [0.2, 0.25) is 0 Å². The molecule has 78 valence electrons. The van der Waals surface area contributed by atoms with Gasteiger partial charge in [0.05, 0.1) is 0 Å². The average molecular weight is 223 g/mol.